The second-order valence-corrected chi connectivity index (χ2v) is 3.54. The summed E-state index contributed by atoms with van der Waals surface area (Å²) >= 11 is 0.884. The molecule has 11 heavy (non-hydrogen) atoms. The fourth-order valence-electron chi connectivity index (χ4n) is 0.457. The van der Waals surface area contributed by atoms with Gasteiger partial charge in [0.05, 0.1) is 5.75 Å². The lowest BCUT2D eigenvalue weighted by Gasteiger charge is -2.06. The van der Waals surface area contributed by atoms with Crippen LogP contribution in [0.2, 0.25) is 0 Å². The number of rotatable bonds is 4. The molecule has 0 aliphatic rings. The molecule has 0 rings (SSSR count). The number of nitrogens with two attached hydrogens (primary N) is 1. The molecular weight excluding hydrogens is 175 g/mol. The molecule has 0 spiro atoms. The van der Waals surface area contributed by atoms with E-state index in [2.05, 4.69) is 0 Å². The molecule has 0 saturated heterocycles. The van der Waals surface area contributed by atoms with Crippen LogP contribution in [0.3, 0.4) is 0 Å². The van der Waals surface area contributed by atoms with Gasteiger partial charge in [-0.05, 0) is 19.1 Å². The highest BCUT2D eigenvalue weighted by molar-refractivity contribution is 7.99. The summed E-state index contributed by atoms with van der Waals surface area (Å²) < 4.78 is 34.6. The van der Waals surface area contributed by atoms with Crippen LogP contribution in [0.5, 0.6) is 0 Å². The molecular formula is C6H12F3NS. The van der Waals surface area contributed by atoms with Gasteiger partial charge in [0, 0.05) is 6.04 Å². The van der Waals surface area contributed by atoms with Gasteiger partial charge in [0.15, 0.2) is 0 Å². The van der Waals surface area contributed by atoms with Crippen LogP contribution in [0.4, 0.5) is 13.2 Å². The summed E-state index contributed by atoms with van der Waals surface area (Å²) in [5, 5.41) is 0. The number of thioether (sulfide) groups is 1. The van der Waals surface area contributed by atoms with Gasteiger partial charge in [0.2, 0.25) is 0 Å². The predicted octanol–water partition coefficient (Wildman–Crippen LogP) is 2.02. The highest BCUT2D eigenvalue weighted by Crippen LogP contribution is 2.21. The Bertz CT molecular complexity index is 102. The van der Waals surface area contributed by atoms with E-state index in [1.807, 2.05) is 0 Å². The van der Waals surface area contributed by atoms with Crippen LogP contribution in [0.1, 0.15) is 13.3 Å². The second-order valence-electron chi connectivity index (χ2n) is 2.43. The maximum Gasteiger partial charge on any atom is 0.397 e. The first-order chi connectivity index (χ1) is 4.92. The molecule has 0 aliphatic heterocycles. The summed E-state index contributed by atoms with van der Waals surface area (Å²) in [5.74, 6) is -0.281. The van der Waals surface area contributed by atoms with Crippen LogP contribution in [0.25, 0.3) is 0 Å². The standard InChI is InChI=1S/C6H12F3NS/c1-5(10)2-3-11-4-6(7,8)9/h5H,2-4,10H2,1H3/t5-/m1/s1. The molecule has 2 N–H and O–H groups in total. The van der Waals surface area contributed by atoms with Crippen LogP contribution in [0, 0.1) is 0 Å². The highest BCUT2D eigenvalue weighted by Gasteiger charge is 2.26. The number of alkyl halides is 3. The number of hydrogen-bond donors (Lipinski definition) is 1. The molecule has 5 heteroatoms. The van der Waals surface area contributed by atoms with Crippen LogP contribution < -0.4 is 5.73 Å². The minimum absolute atomic E-state index is 0.00395. The zero-order chi connectivity index (χ0) is 8.91. The summed E-state index contributed by atoms with van der Waals surface area (Å²) in [7, 11) is 0. The minimum Gasteiger partial charge on any atom is -0.328 e. The Kier molecular flexibility index (Phi) is 4.92. The Morgan fingerprint density at radius 1 is 1.45 bits per heavy atom. The van der Waals surface area contributed by atoms with Crippen LogP contribution in [-0.2, 0) is 0 Å². The Labute approximate surface area is 68.5 Å². The summed E-state index contributed by atoms with van der Waals surface area (Å²) in [6.45, 7) is 1.79. The lowest BCUT2D eigenvalue weighted by atomic mass is 10.3. The van der Waals surface area contributed by atoms with Gasteiger partial charge < -0.3 is 5.73 Å². The van der Waals surface area contributed by atoms with E-state index in [0.29, 0.717) is 12.2 Å². The van der Waals surface area contributed by atoms with Gasteiger partial charge in [0.1, 0.15) is 0 Å². The van der Waals surface area contributed by atoms with Gasteiger partial charge >= 0.3 is 6.18 Å². The molecule has 0 radical (unpaired) electrons. The molecule has 68 valence electrons. The number of halogens is 3. The maximum atomic E-state index is 11.5. The van der Waals surface area contributed by atoms with Gasteiger partial charge in [-0.1, -0.05) is 0 Å². The average Bonchev–Trinajstić information content (AvgIpc) is 1.78. The van der Waals surface area contributed by atoms with E-state index in [1.165, 1.54) is 0 Å². The zero-order valence-electron chi connectivity index (χ0n) is 6.32. The quantitative estimate of drug-likeness (QED) is 0.681. The third-order valence-corrected chi connectivity index (χ3v) is 2.04. The van der Waals surface area contributed by atoms with Gasteiger partial charge in [0.25, 0.3) is 0 Å². The molecule has 0 saturated carbocycles. The molecule has 1 atom stereocenters. The second kappa shape index (κ2) is 4.87. The molecule has 0 amide bonds. The van der Waals surface area contributed by atoms with Crippen molar-refractivity contribution >= 4 is 11.8 Å². The van der Waals surface area contributed by atoms with Crippen molar-refractivity contribution in [1.82, 2.24) is 0 Å². The van der Waals surface area contributed by atoms with Gasteiger partial charge in [-0.2, -0.15) is 24.9 Å². The lowest BCUT2D eigenvalue weighted by Crippen LogP contribution is -2.17. The van der Waals surface area contributed by atoms with E-state index in [9.17, 15) is 13.2 Å². The smallest absolute Gasteiger partial charge is 0.328 e. The van der Waals surface area contributed by atoms with E-state index in [0.717, 1.165) is 11.8 Å². The first kappa shape index (κ1) is 11.1. The van der Waals surface area contributed by atoms with Crippen molar-refractivity contribution in [3.05, 3.63) is 0 Å². The van der Waals surface area contributed by atoms with Gasteiger partial charge in [-0.25, -0.2) is 0 Å². The average molecular weight is 187 g/mol. The van der Waals surface area contributed by atoms with E-state index in [4.69, 9.17) is 5.73 Å². The summed E-state index contributed by atoms with van der Waals surface area (Å²) in [6.07, 6.45) is -3.40. The molecule has 0 unspecified atom stereocenters. The van der Waals surface area contributed by atoms with Gasteiger partial charge in [-0.3, -0.25) is 0 Å². The first-order valence-corrected chi connectivity index (χ1v) is 4.47. The van der Waals surface area contributed by atoms with E-state index < -0.39 is 11.9 Å². The van der Waals surface area contributed by atoms with E-state index >= 15 is 0 Å². The monoisotopic (exact) mass is 187 g/mol. The van der Waals surface area contributed by atoms with Crippen LogP contribution in [-0.4, -0.2) is 23.7 Å². The normalized spacial score (nSPS) is 15.0. The van der Waals surface area contributed by atoms with Crippen LogP contribution in [0.15, 0.2) is 0 Å². The molecule has 0 aromatic heterocycles. The molecule has 0 fully saturated rings. The zero-order valence-corrected chi connectivity index (χ0v) is 7.13. The summed E-state index contributed by atoms with van der Waals surface area (Å²) in [4.78, 5) is 0. The molecule has 1 nitrogen and oxygen atoms in total. The Hall–Kier alpha value is 0.100. The van der Waals surface area contributed by atoms with Crippen LogP contribution >= 0.6 is 11.8 Å². The summed E-state index contributed by atoms with van der Waals surface area (Å²) in [5.41, 5.74) is 5.35. The fraction of sp³-hybridized carbons (Fsp3) is 1.00. The molecule has 0 aromatic rings. The molecule has 0 heterocycles. The Morgan fingerprint density at radius 3 is 2.36 bits per heavy atom. The van der Waals surface area contributed by atoms with Crippen molar-refractivity contribution in [2.24, 2.45) is 5.73 Å². The number of hydrogen-bond acceptors (Lipinski definition) is 2. The van der Waals surface area contributed by atoms with Crippen molar-refractivity contribution < 1.29 is 13.2 Å². The molecule has 0 aliphatic carbocycles. The van der Waals surface area contributed by atoms with Crippen molar-refractivity contribution in [3.63, 3.8) is 0 Å². The fourth-order valence-corrected chi connectivity index (χ4v) is 1.37. The van der Waals surface area contributed by atoms with Crippen molar-refractivity contribution in [2.45, 2.75) is 25.6 Å². The SMILES string of the molecule is C[C@@H](N)CCSCC(F)(F)F. The first-order valence-electron chi connectivity index (χ1n) is 3.32. The molecule has 0 bridgehead atoms. The van der Waals surface area contributed by atoms with E-state index in [-0.39, 0.29) is 6.04 Å². The maximum absolute atomic E-state index is 11.5. The third-order valence-electron chi connectivity index (χ3n) is 0.983. The minimum atomic E-state index is -4.04. The Morgan fingerprint density at radius 2 is 2.00 bits per heavy atom. The van der Waals surface area contributed by atoms with Gasteiger partial charge in [-0.15, -0.1) is 0 Å². The highest BCUT2D eigenvalue weighted by atomic mass is 32.2. The largest absolute Gasteiger partial charge is 0.397 e. The van der Waals surface area contributed by atoms with E-state index in [1.54, 1.807) is 6.92 Å². The van der Waals surface area contributed by atoms with Crippen molar-refractivity contribution in [3.8, 4) is 0 Å². The summed E-state index contributed by atoms with van der Waals surface area (Å²) in [6, 6.07) is -0.00395. The lowest BCUT2D eigenvalue weighted by molar-refractivity contribution is -0.105. The van der Waals surface area contributed by atoms with Crippen molar-refractivity contribution in [1.29, 1.82) is 0 Å². The predicted molar refractivity (Wildman–Crippen MR) is 41.6 cm³/mol. The Balaban J connectivity index is 3.15. The van der Waals surface area contributed by atoms with Crippen molar-refractivity contribution in [2.75, 3.05) is 11.5 Å². The molecule has 0 aromatic carbocycles. The topological polar surface area (TPSA) is 26.0 Å². The third kappa shape index (κ3) is 10.1.